The standard InChI is InChI=1S/C20H20N2O4S/c1-4-22-15-8-7-14(12-18(15)27-20(22)24)21-19(23)10-6-13-5-9-16(25-2)17(11-13)26-3/h5-12H,4H2,1-3H3,(H,21,23)/b10-6+. The fourth-order valence-corrected chi connectivity index (χ4v) is 3.75. The molecule has 0 atom stereocenters. The van der Waals surface area contributed by atoms with Crippen molar-refractivity contribution in [3.05, 3.63) is 57.7 Å². The van der Waals surface area contributed by atoms with Gasteiger partial charge in [0.25, 0.3) is 0 Å². The molecule has 6 nitrogen and oxygen atoms in total. The van der Waals surface area contributed by atoms with Crippen molar-refractivity contribution in [2.45, 2.75) is 13.5 Å². The molecule has 2 aromatic carbocycles. The van der Waals surface area contributed by atoms with Gasteiger partial charge in [-0.1, -0.05) is 17.4 Å². The minimum absolute atomic E-state index is 0.00400. The maximum absolute atomic E-state index is 12.2. The number of hydrogen-bond acceptors (Lipinski definition) is 5. The molecule has 27 heavy (non-hydrogen) atoms. The summed E-state index contributed by atoms with van der Waals surface area (Å²) < 4.78 is 13.0. The van der Waals surface area contributed by atoms with Gasteiger partial charge in [0.15, 0.2) is 11.5 Å². The Morgan fingerprint density at radius 1 is 1.15 bits per heavy atom. The van der Waals surface area contributed by atoms with E-state index < -0.39 is 0 Å². The Balaban J connectivity index is 1.75. The minimum Gasteiger partial charge on any atom is -0.493 e. The zero-order chi connectivity index (χ0) is 19.4. The van der Waals surface area contributed by atoms with Crippen LogP contribution >= 0.6 is 11.3 Å². The highest BCUT2D eigenvalue weighted by molar-refractivity contribution is 7.16. The van der Waals surface area contributed by atoms with E-state index in [2.05, 4.69) is 5.32 Å². The van der Waals surface area contributed by atoms with Crippen LogP contribution in [0.25, 0.3) is 16.3 Å². The van der Waals surface area contributed by atoms with Gasteiger partial charge < -0.3 is 14.8 Å². The number of nitrogens with one attached hydrogen (secondary N) is 1. The van der Waals surface area contributed by atoms with Crippen molar-refractivity contribution in [3.63, 3.8) is 0 Å². The summed E-state index contributed by atoms with van der Waals surface area (Å²) >= 11 is 1.17. The molecule has 1 amide bonds. The van der Waals surface area contributed by atoms with E-state index in [4.69, 9.17) is 9.47 Å². The lowest BCUT2D eigenvalue weighted by atomic mass is 10.2. The molecule has 0 radical (unpaired) electrons. The zero-order valence-electron chi connectivity index (χ0n) is 15.3. The largest absolute Gasteiger partial charge is 0.493 e. The molecule has 1 N–H and O–H groups in total. The number of aromatic nitrogens is 1. The Bertz CT molecular complexity index is 1070. The lowest BCUT2D eigenvalue weighted by molar-refractivity contribution is -0.111. The van der Waals surface area contributed by atoms with Crippen molar-refractivity contribution in [1.29, 1.82) is 0 Å². The predicted molar refractivity (Wildman–Crippen MR) is 109 cm³/mol. The van der Waals surface area contributed by atoms with Crippen molar-refractivity contribution in [1.82, 2.24) is 4.57 Å². The number of fused-ring (bicyclic) bond motifs is 1. The van der Waals surface area contributed by atoms with Gasteiger partial charge in [0.2, 0.25) is 5.91 Å². The Morgan fingerprint density at radius 2 is 1.93 bits per heavy atom. The molecule has 0 aliphatic heterocycles. The molecule has 0 saturated carbocycles. The Labute approximate surface area is 160 Å². The van der Waals surface area contributed by atoms with Crippen LogP contribution in [-0.2, 0) is 11.3 Å². The Hall–Kier alpha value is -3.06. The molecule has 0 unspecified atom stereocenters. The summed E-state index contributed by atoms with van der Waals surface area (Å²) in [6.07, 6.45) is 3.15. The normalized spacial score (nSPS) is 11.1. The van der Waals surface area contributed by atoms with Gasteiger partial charge in [-0.2, -0.15) is 0 Å². The minimum atomic E-state index is -0.258. The number of nitrogens with zero attached hydrogens (tertiary/aromatic N) is 1. The van der Waals surface area contributed by atoms with Crippen LogP contribution in [0.3, 0.4) is 0 Å². The van der Waals surface area contributed by atoms with Crippen molar-refractivity contribution < 1.29 is 14.3 Å². The number of carbonyl (C=O) groups excluding carboxylic acids is 1. The van der Waals surface area contributed by atoms with Gasteiger partial charge >= 0.3 is 4.87 Å². The predicted octanol–water partition coefficient (Wildman–Crippen LogP) is 3.75. The third kappa shape index (κ3) is 4.03. The Morgan fingerprint density at radius 3 is 2.63 bits per heavy atom. The average Bonchev–Trinajstić information content (AvgIpc) is 3.00. The molecule has 1 heterocycles. The van der Waals surface area contributed by atoms with Gasteiger partial charge in [-0.15, -0.1) is 0 Å². The maximum atomic E-state index is 12.2. The molecule has 0 fully saturated rings. The molecule has 3 rings (SSSR count). The van der Waals surface area contributed by atoms with Crippen LogP contribution in [0.2, 0.25) is 0 Å². The summed E-state index contributed by atoms with van der Waals surface area (Å²) in [4.78, 5) is 24.1. The SMILES string of the molecule is CCn1c(=O)sc2cc(NC(=O)/C=C/c3ccc(OC)c(OC)c3)ccc21. The lowest BCUT2D eigenvalue weighted by Gasteiger charge is -2.07. The van der Waals surface area contributed by atoms with Crippen LogP contribution in [0, 0.1) is 0 Å². The van der Waals surface area contributed by atoms with Gasteiger partial charge in [-0.05, 0) is 48.9 Å². The highest BCUT2D eigenvalue weighted by Gasteiger charge is 2.08. The van der Waals surface area contributed by atoms with E-state index in [0.717, 1.165) is 15.8 Å². The van der Waals surface area contributed by atoms with Crippen LogP contribution in [0.1, 0.15) is 12.5 Å². The number of amides is 1. The number of thiazole rings is 1. The fourth-order valence-electron chi connectivity index (χ4n) is 2.76. The molecule has 7 heteroatoms. The summed E-state index contributed by atoms with van der Waals surface area (Å²) in [6, 6.07) is 10.9. The summed E-state index contributed by atoms with van der Waals surface area (Å²) in [5.74, 6) is 0.970. The monoisotopic (exact) mass is 384 g/mol. The fraction of sp³-hybridized carbons (Fsp3) is 0.200. The van der Waals surface area contributed by atoms with E-state index in [0.29, 0.717) is 23.7 Å². The maximum Gasteiger partial charge on any atom is 0.308 e. The van der Waals surface area contributed by atoms with Crippen molar-refractivity contribution in [2.75, 3.05) is 19.5 Å². The summed E-state index contributed by atoms with van der Waals surface area (Å²) in [7, 11) is 3.14. The smallest absolute Gasteiger partial charge is 0.308 e. The number of rotatable bonds is 6. The second-order valence-corrected chi connectivity index (χ2v) is 6.72. The molecule has 140 valence electrons. The third-order valence-electron chi connectivity index (χ3n) is 4.09. The van der Waals surface area contributed by atoms with Crippen LogP contribution in [0.15, 0.2) is 47.3 Å². The first-order chi connectivity index (χ1) is 13.0. The summed E-state index contributed by atoms with van der Waals surface area (Å²) in [6.45, 7) is 2.56. The van der Waals surface area contributed by atoms with E-state index in [1.165, 1.54) is 17.4 Å². The second-order valence-electron chi connectivity index (χ2n) is 5.73. The first-order valence-corrected chi connectivity index (χ1v) is 9.22. The quantitative estimate of drug-likeness (QED) is 0.657. The van der Waals surface area contributed by atoms with Gasteiger partial charge in [0.1, 0.15) is 0 Å². The highest BCUT2D eigenvalue weighted by Crippen LogP contribution is 2.28. The number of ether oxygens (including phenoxy) is 2. The van der Waals surface area contributed by atoms with E-state index >= 15 is 0 Å². The first kappa shape index (κ1) is 18.7. The number of aryl methyl sites for hydroxylation is 1. The second kappa shape index (κ2) is 8.09. The van der Waals surface area contributed by atoms with Crippen LogP contribution in [0.4, 0.5) is 5.69 Å². The molecule has 0 bridgehead atoms. The van der Waals surface area contributed by atoms with E-state index in [1.807, 2.05) is 25.1 Å². The molecule has 0 aliphatic carbocycles. The lowest BCUT2D eigenvalue weighted by Crippen LogP contribution is -2.10. The molecule has 3 aromatic rings. The molecule has 0 spiro atoms. The number of carbonyl (C=O) groups is 1. The van der Waals surface area contributed by atoms with Gasteiger partial charge in [0.05, 0.1) is 24.4 Å². The van der Waals surface area contributed by atoms with Crippen LogP contribution in [0.5, 0.6) is 11.5 Å². The first-order valence-electron chi connectivity index (χ1n) is 8.40. The topological polar surface area (TPSA) is 69.6 Å². The van der Waals surface area contributed by atoms with Crippen LogP contribution in [-0.4, -0.2) is 24.7 Å². The highest BCUT2D eigenvalue weighted by atomic mass is 32.1. The van der Waals surface area contributed by atoms with E-state index in [1.54, 1.807) is 43.1 Å². The van der Waals surface area contributed by atoms with Crippen molar-refractivity contribution in [2.24, 2.45) is 0 Å². The van der Waals surface area contributed by atoms with Crippen molar-refractivity contribution in [3.8, 4) is 11.5 Å². The molecule has 0 aliphatic rings. The molecular weight excluding hydrogens is 364 g/mol. The van der Waals surface area contributed by atoms with E-state index in [-0.39, 0.29) is 10.8 Å². The number of benzene rings is 2. The number of anilines is 1. The third-order valence-corrected chi connectivity index (χ3v) is 5.03. The molecular formula is C20H20N2O4S. The molecule has 0 saturated heterocycles. The number of methoxy groups -OCH3 is 2. The van der Waals surface area contributed by atoms with Gasteiger partial charge in [-0.25, -0.2) is 0 Å². The zero-order valence-corrected chi connectivity index (χ0v) is 16.1. The van der Waals surface area contributed by atoms with Gasteiger partial charge in [0, 0.05) is 18.3 Å². The van der Waals surface area contributed by atoms with Crippen molar-refractivity contribution >= 4 is 39.2 Å². The van der Waals surface area contributed by atoms with Gasteiger partial charge in [-0.3, -0.25) is 14.2 Å². The Kier molecular flexibility index (Phi) is 5.61. The molecule has 1 aromatic heterocycles. The van der Waals surface area contributed by atoms with E-state index in [9.17, 15) is 9.59 Å². The summed E-state index contributed by atoms with van der Waals surface area (Å²) in [5, 5.41) is 2.82. The number of hydrogen-bond donors (Lipinski definition) is 1. The van der Waals surface area contributed by atoms with Crippen LogP contribution < -0.4 is 19.7 Å². The average molecular weight is 384 g/mol. The summed E-state index contributed by atoms with van der Waals surface area (Å²) in [5.41, 5.74) is 2.34.